The number of hydrogen-bond donors (Lipinski definition) is 1. The van der Waals surface area contributed by atoms with E-state index in [2.05, 4.69) is 15.3 Å². The molecule has 0 aliphatic heterocycles. The van der Waals surface area contributed by atoms with E-state index < -0.39 is 54.9 Å². The molecule has 2 aromatic carbocycles. The maximum Gasteiger partial charge on any atom is 0.226 e. The lowest BCUT2D eigenvalue weighted by molar-refractivity contribution is -0.120. The number of amides is 1. The van der Waals surface area contributed by atoms with Gasteiger partial charge >= 0.3 is 0 Å². The van der Waals surface area contributed by atoms with Gasteiger partial charge in [-0.15, -0.1) is 11.3 Å². The van der Waals surface area contributed by atoms with Gasteiger partial charge in [0.25, 0.3) is 0 Å². The van der Waals surface area contributed by atoms with Crippen molar-refractivity contribution in [2.24, 2.45) is 0 Å². The molecule has 12 heteroatoms. The summed E-state index contributed by atoms with van der Waals surface area (Å²) in [5, 5.41) is 2.91. The van der Waals surface area contributed by atoms with Gasteiger partial charge in [0, 0.05) is 24.5 Å². The summed E-state index contributed by atoms with van der Waals surface area (Å²) in [4.78, 5) is 19.8. The molecule has 4 rings (SSSR count). The monoisotopic (exact) mass is 549 g/mol. The Balaban J connectivity index is 1.83. The molecule has 0 atom stereocenters. The van der Waals surface area contributed by atoms with Crippen LogP contribution >= 0.6 is 11.3 Å². The van der Waals surface area contributed by atoms with E-state index >= 15 is 8.78 Å². The van der Waals surface area contributed by atoms with Crippen LogP contribution in [0.15, 0.2) is 59.8 Å². The van der Waals surface area contributed by atoms with E-state index in [1.54, 1.807) is 19.1 Å². The Morgan fingerprint density at radius 2 is 1.70 bits per heavy atom. The SMILES string of the molecule is CCNC(=O)Cc1nc(-c2c(F)ccc(CS(=O)(=O)c3cc(F)ccc3F)c2F)c(-c2ccncc2)s1. The molecule has 0 spiro atoms. The molecule has 2 aromatic heterocycles. The summed E-state index contributed by atoms with van der Waals surface area (Å²) in [5.41, 5.74) is -0.651. The third kappa shape index (κ3) is 5.70. The van der Waals surface area contributed by atoms with Gasteiger partial charge in [-0.1, -0.05) is 6.07 Å². The average Bonchev–Trinajstić information content (AvgIpc) is 3.26. The molecule has 2 heterocycles. The summed E-state index contributed by atoms with van der Waals surface area (Å²) < 4.78 is 84.1. The highest BCUT2D eigenvalue weighted by atomic mass is 32.2. The maximum absolute atomic E-state index is 15.7. The Hall–Kier alpha value is -3.64. The number of aromatic nitrogens is 2. The number of halogens is 4. The van der Waals surface area contributed by atoms with Crippen LogP contribution in [0.3, 0.4) is 0 Å². The second-order valence-corrected chi connectivity index (χ2v) is 10.9. The Morgan fingerprint density at radius 1 is 1.00 bits per heavy atom. The first-order valence-electron chi connectivity index (χ1n) is 10.9. The molecule has 1 amide bonds. The predicted molar refractivity (Wildman–Crippen MR) is 130 cm³/mol. The molecule has 0 fully saturated rings. The van der Waals surface area contributed by atoms with E-state index in [1.807, 2.05) is 0 Å². The second-order valence-electron chi connectivity index (χ2n) is 7.88. The topological polar surface area (TPSA) is 89.0 Å². The van der Waals surface area contributed by atoms with E-state index in [0.717, 1.165) is 29.5 Å². The van der Waals surface area contributed by atoms with Crippen LogP contribution in [0.5, 0.6) is 0 Å². The smallest absolute Gasteiger partial charge is 0.226 e. The van der Waals surface area contributed by atoms with Gasteiger partial charge in [-0.05, 0) is 48.9 Å². The Labute approximate surface area is 214 Å². The Morgan fingerprint density at radius 3 is 2.41 bits per heavy atom. The van der Waals surface area contributed by atoms with E-state index in [-0.39, 0.29) is 23.0 Å². The van der Waals surface area contributed by atoms with Crippen molar-refractivity contribution in [3.8, 4) is 21.7 Å². The minimum absolute atomic E-state index is 0.123. The minimum atomic E-state index is -4.54. The van der Waals surface area contributed by atoms with E-state index in [0.29, 0.717) is 29.1 Å². The Bertz CT molecular complexity index is 1580. The van der Waals surface area contributed by atoms with Crippen molar-refractivity contribution in [2.75, 3.05) is 6.54 Å². The third-order valence-corrected chi connectivity index (χ3v) is 8.06. The molecule has 4 aromatic rings. The lowest BCUT2D eigenvalue weighted by Crippen LogP contribution is -2.24. The normalized spacial score (nSPS) is 11.5. The number of hydrogen-bond acceptors (Lipinski definition) is 6. The number of rotatable bonds is 8. The van der Waals surface area contributed by atoms with E-state index in [1.165, 1.54) is 12.4 Å². The number of nitrogens with one attached hydrogen (secondary N) is 1. The van der Waals surface area contributed by atoms with Crippen molar-refractivity contribution >= 4 is 27.1 Å². The number of sulfone groups is 1. The van der Waals surface area contributed by atoms with Crippen molar-refractivity contribution in [1.29, 1.82) is 0 Å². The zero-order valence-electron chi connectivity index (χ0n) is 19.3. The Kier molecular flexibility index (Phi) is 7.69. The molecular formula is C25H19F4N3O3S2. The summed E-state index contributed by atoms with van der Waals surface area (Å²) in [6, 6.07) is 6.92. The van der Waals surface area contributed by atoms with Crippen LogP contribution in [-0.2, 0) is 26.8 Å². The molecule has 192 valence electrons. The second kappa shape index (κ2) is 10.8. The molecule has 0 unspecified atom stereocenters. The summed E-state index contributed by atoms with van der Waals surface area (Å²) in [5.74, 6) is -5.79. The fourth-order valence-corrected chi connectivity index (χ4v) is 6.15. The highest BCUT2D eigenvalue weighted by Crippen LogP contribution is 2.40. The summed E-state index contributed by atoms with van der Waals surface area (Å²) in [6.45, 7) is 2.13. The number of nitrogens with zero attached hydrogens (tertiary/aromatic N) is 2. The number of benzene rings is 2. The third-order valence-electron chi connectivity index (χ3n) is 5.28. The molecule has 0 saturated heterocycles. The molecule has 0 aliphatic carbocycles. The molecule has 6 nitrogen and oxygen atoms in total. The predicted octanol–water partition coefficient (Wildman–Crippen LogP) is 5.08. The van der Waals surface area contributed by atoms with Crippen LogP contribution in [0, 0.1) is 23.3 Å². The van der Waals surface area contributed by atoms with Crippen molar-refractivity contribution in [1.82, 2.24) is 15.3 Å². The largest absolute Gasteiger partial charge is 0.356 e. The first-order chi connectivity index (χ1) is 17.6. The standard InChI is InChI=1S/C25H19F4N3O3S2/c1-2-31-20(33)12-21-32-24(25(36-21)14-7-9-30-10-8-14)22-18(28)5-3-15(23(22)29)13-37(34,35)19-11-16(26)4-6-17(19)27/h3-11H,2,12-13H2,1H3,(H,31,33). The highest BCUT2D eigenvalue weighted by Gasteiger charge is 2.27. The van der Waals surface area contributed by atoms with Crippen molar-refractivity contribution in [2.45, 2.75) is 24.0 Å². The number of likely N-dealkylation sites (N-methyl/N-ethyl adjacent to an activating group) is 1. The number of carbonyl (C=O) groups is 1. The zero-order chi connectivity index (χ0) is 26.7. The van der Waals surface area contributed by atoms with Crippen LogP contribution in [0.1, 0.15) is 17.5 Å². The van der Waals surface area contributed by atoms with Gasteiger partial charge in [0.15, 0.2) is 9.84 Å². The lowest BCUT2D eigenvalue weighted by Gasteiger charge is -2.11. The van der Waals surface area contributed by atoms with Crippen molar-refractivity contribution in [3.05, 3.63) is 88.7 Å². The summed E-state index contributed by atoms with van der Waals surface area (Å²) in [6.07, 6.45) is 2.82. The molecule has 0 saturated carbocycles. The molecule has 0 aliphatic rings. The zero-order valence-corrected chi connectivity index (χ0v) is 20.9. The van der Waals surface area contributed by atoms with Gasteiger partial charge in [-0.3, -0.25) is 9.78 Å². The highest BCUT2D eigenvalue weighted by molar-refractivity contribution is 7.90. The van der Waals surface area contributed by atoms with Crippen molar-refractivity contribution < 1.29 is 30.8 Å². The van der Waals surface area contributed by atoms with Crippen LogP contribution in [0.25, 0.3) is 21.7 Å². The number of pyridine rings is 1. The maximum atomic E-state index is 15.7. The number of thiazole rings is 1. The minimum Gasteiger partial charge on any atom is -0.356 e. The first-order valence-corrected chi connectivity index (χ1v) is 13.4. The van der Waals surface area contributed by atoms with Crippen LogP contribution < -0.4 is 5.32 Å². The lowest BCUT2D eigenvalue weighted by atomic mass is 10.0. The van der Waals surface area contributed by atoms with Crippen LogP contribution in [-0.4, -0.2) is 30.8 Å². The first kappa shape index (κ1) is 26.4. The summed E-state index contributed by atoms with van der Waals surface area (Å²) >= 11 is 1.06. The number of carbonyl (C=O) groups excluding carboxylic acids is 1. The van der Waals surface area contributed by atoms with Crippen molar-refractivity contribution in [3.63, 3.8) is 0 Å². The van der Waals surface area contributed by atoms with Gasteiger partial charge in [0.05, 0.1) is 28.3 Å². The van der Waals surface area contributed by atoms with E-state index in [4.69, 9.17) is 0 Å². The molecule has 0 bridgehead atoms. The fraction of sp³-hybridized carbons (Fsp3) is 0.160. The van der Waals surface area contributed by atoms with E-state index in [9.17, 15) is 22.0 Å². The van der Waals surface area contributed by atoms with Crippen LogP contribution in [0.2, 0.25) is 0 Å². The summed E-state index contributed by atoms with van der Waals surface area (Å²) in [7, 11) is -4.54. The van der Waals surface area contributed by atoms with Gasteiger partial charge in [-0.25, -0.2) is 31.0 Å². The molecule has 37 heavy (non-hydrogen) atoms. The fourth-order valence-electron chi connectivity index (χ4n) is 3.63. The molecule has 1 N–H and O–H groups in total. The van der Waals surface area contributed by atoms with Gasteiger partial charge in [0.1, 0.15) is 33.2 Å². The molecular weight excluding hydrogens is 530 g/mol. The van der Waals surface area contributed by atoms with Gasteiger partial charge in [0.2, 0.25) is 5.91 Å². The van der Waals surface area contributed by atoms with Gasteiger partial charge in [-0.2, -0.15) is 0 Å². The average molecular weight is 550 g/mol. The quantitative estimate of drug-likeness (QED) is 0.310. The van der Waals surface area contributed by atoms with Crippen LogP contribution in [0.4, 0.5) is 17.6 Å². The van der Waals surface area contributed by atoms with Gasteiger partial charge < -0.3 is 5.32 Å². The molecule has 0 radical (unpaired) electrons.